The monoisotopic (exact) mass is 416 g/mol. The Morgan fingerprint density at radius 1 is 1.10 bits per heavy atom. The van der Waals surface area contributed by atoms with Crippen LogP contribution in [0.25, 0.3) is 10.9 Å². The Labute approximate surface area is 182 Å². The fraction of sp³-hybridized carbons (Fsp3) is 0.320. The average Bonchev–Trinajstić information content (AvgIpc) is 2.78. The molecule has 6 nitrogen and oxygen atoms in total. The average molecular weight is 417 g/mol. The Hall–Kier alpha value is -3.41. The molecule has 3 aromatic rings. The number of urea groups is 1. The van der Waals surface area contributed by atoms with Gasteiger partial charge in [-0.1, -0.05) is 35.9 Å². The van der Waals surface area contributed by atoms with Gasteiger partial charge in [-0.3, -0.25) is 9.78 Å². The highest BCUT2D eigenvalue weighted by molar-refractivity contribution is 5.98. The zero-order valence-electron chi connectivity index (χ0n) is 18.0. The number of likely N-dealkylation sites (tertiary alicyclic amines) is 1. The first kappa shape index (κ1) is 20.8. The number of fused-ring (bicyclic) bond motifs is 1. The number of anilines is 1. The second-order valence-corrected chi connectivity index (χ2v) is 8.27. The summed E-state index contributed by atoms with van der Waals surface area (Å²) in [6, 6.07) is 17.3. The van der Waals surface area contributed by atoms with Crippen molar-refractivity contribution in [2.24, 2.45) is 5.92 Å². The van der Waals surface area contributed by atoms with E-state index in [9.17, 15) is 9.59 Å². The van der Waals surface area contributed by atoms with Crippen LogP contribution in [0.15, 0.2) is 54.6 Å². The molecule has 2 heterocycles. The number of rotatable bonds is 4. The van der Waals surface area contributed by atoms with Crippen LogP contribution in [-0.2, 0) is 0 Å². The summed E-state index contributed by atoms with van der Waals surface area (Å²) in [6.45, 7) is 5.80. The van der Waals surface area contributed by atoms with Crippen LogP contribution in [0.2, 0.25) is 0 Å². The van der Waals surface area contributed by atoms with E-state index in [-0.39, 0.29) is 17.9 Å². The van der Waals surface area contributed by atoms with Gasteiger partial charge in [-0.25, -0.2) is 4.79 Å². The predicted molar refractivity (Wildman–Crippen MR) is 123 cm³/mol. The zero-order valence-corrected chi connectivity index (χ0v) is 18.0. The summed E-state index contributed by atoms with van der Waals surface area (Å²) in [5, 5.41) is 6.78. The number of nitrogens with one attached hydrogen (secondary N) is 2. The fourth-order valence-electron chi connectivity index (χ4n) is 4.06. The summed E-state index contributed by atoms with van der Waals surface area (Å²) in [7, 11) is 0. The number of aryl methyl sites for hydroxylation is 2. The lowest BCUT2D eigenvalue weighted by Crippen LogP contribution is -2.44. The van der Waals surface area contributed by atoms with Crippen molar-refractivity contribution in [2.75, 3.05) is 25.0 Å². The van der Waals surface area contributed by atoms with Gasteiger partial charge in [-0.15, -0.1) is 0 Å². The molecule has 160 valence electrons. The molecule has 1 saturated heterocycles. The normalized spacial score (nSPS) is 16.2. The molecule has 3 amide bonds. The summed E-state index contributed by atoms with van der Waals surface area (Å²) in [6.07, 6.45) is 1.92. The lowest BCUT2D eigenvalue weighted by atomic mass is 9.97. The minimum atomic E-state index is -0.220. The standard InChI is InChI=1S/C25H28N4O2/c1-17-9-11-21(12-10-17)28-25(31)26-15-19-6-5-13-29(16-19)24(30)22-14-20-7-3-4-8-23(20)27-18(22)2/h3-4,7-12,14,19H,5-6,13,15-16H2,1-2H3,(H2,26,28,31). The Morgan fingerprint density at radius 3 is 2.68 bits per heavy atom. The van der Waals surface area contributed by atoms with Crippen molar-refractivity contribution >= 4 is 28.5 Å². The topological polar surface area (TPSA) is 74.3 Å². The summed E-state index contributed by atoms with van der Waals surface area (Å²) in [5.74, 6) is 0.250. The molecular weight excluding hydrogens is 388 g/mol. The van der Waals surface area contributed by atoms with Crippen molar-refractivity contribution in [3.05, 3.63) is 71.4 Å². The summed E-state index contributed by atoms with van der Waals surface area (Å²) < 4.78 is 0. The third-order valence-electron chi connectivity index (χ3n) is 5.81. The van der Waals surface area contributed by atoms with Gasteiger partial charge < -0.3 is 15.5 Å². The molecule has 0 radical (unpaired) electrons. The predicted octanol–water partition coefficient (Wildman–Crippen LogP) is 4.53. The number of hydrogen-bond acceptors (Lipinski definition) is 3. The lowest BCUT2D eigenvalue weighted by molar-refractivity contribution is 0.0674. The minimum Gasteiger partial charge on any atom is -0.338 e. The second kappa shape index (κ2) is 9.16. The van der Waals surface area contributed by atoms with E-state index in [0.717, 1.165) is 47.2 Å². The molecule has 31 heavy (non-hydrogen) atoms. The molecule has 1 aliphatic heterocycles. The maximum atomic E-state index is 13.2. The largest absolute Gasteiger partial charge is 0.338 e. The van der Waals surface area contributed by atoms with Crippen molar-refractivity contribution in [1.29, 1.82) is 0 Å². The lowest BCUT2D eigenvalue weighted by Gasteiger charge is -2.33. The molecular formula is C25H28N4O2. The van der Waals surface area contributed by atoms with Crippen molar-refractivity contribution < 1.29 is 9.59 Å². The van der Waals surface area contributed by atoms with Crippen molar-refractivity contribution in [2.45, 2.75) is 26.7 Å². The van der Waals surface area contributed by atoms with Crippen LogP contribution in [-0.4, -0.2) is 41.5 Å². The molecule has 1 atom stereocenters. The van der Waals surface area contributed by atoms with E-state index in [1.807, 2.05) is 73.3 Å². The molecule has 0 bridgehead atoms. The first-order chi connectivity index (χ1) is 15.0. The van der Waals surface area contributed by atoms with Crippen molar-refractivity contribution in [1.82, 2.24) is 15.2 Å². The van der Waals surface area contributed by atoms with Gasteiger partial charge in [0.25, 0.3) is 5.91 Å². The van der Waals surface area contributed by atoms with E-state index in [1.54, 1.807) is 0 Å². The molecule has 1 fully saturated rings. The smallest absolute Gasteiger partial charge is 0.319 e. The number of pyridine rings is 1. The number of hydrogen-bond donors (Lipinski definition) is 2. The molecule has 1 aromatic heterocycles. The molecule has 0 saturated carbocycles. The summed E-state index contributed by atoms with van der Waals surface area (Å²) >= 11 is 0. The SMILES string of the molecule is Cc1ccc(NC(=O)NCC2CCCN(C(=O)c3cc4ccccc4nc3C)C2)cc1. The van der Waals surface area contributed by atoms with Crippen LogP contribution < -0.4 is 10.6 Å². The van der Waals surface area contributed by atoms with Crippen molar-refractivity contribution in [3.63, 3.8) is 0 Å². The van der Waals surface area contributed by atoms with Gasteiger partial charge in [-0.2, -0.15) is 0 Å². The molecule has 6 heteroatoms. The Kier molecular flexibility index (Phi) is 6.16. The van der Waals surface area contributed by atoms with Gasteiger partial charge in [-0.05, 0) is 56.9 Å². The number of benzene rings is 2. The first-order valence-electron chi connectivity index (χ1n) is 10.8. The zero-order chi connectivity index (χ0) is 21.8. The summed E-state index contributed by atoms with van der Waals surface area (Å²) in [5.41, 5.74) is 4.22. The third kappa shape index (κ3) is 5.02. The van der Waals surface area contributed by atoms with Gasteiger partial charge in [0.1, 0.15) is 0 Å². The molecule has 0 aliphatic carbocycles. The highest BCUT2D eigenvalue weighted by Gasteiger charge is 2.26. The van der Waals surface area contributed by atoms with Crippen molar-refractivity contribution in [3.8, 4) is 0 Å². The number of para-hydroxylation sites is 1. The highest BCUT2D eigenvalue weighted by Crippen LogP contribution is 2.22. The fourth-order valence-corrected chi connectivity index (χ4v) is 4.06. The summed E-state index contributed by atoms with van der Waals surface area (Å²) in [4.78, 5) is 31.9. The second-order valence-electron chi connectivity index (χ2n) is 8.27. The number of carbonyl (C=O) groups excluding carboxylic acids is 2. The van der Waals surface area contributed by atoms with Crippen LogP contribution in [0.3, 0.4) is 0 Å². The van der Waals surface area contributed by atoms with Crippen LogP contribution in [0.5, 0.6) is 0 Å². The molecule has 1 unspecified atom stereocenters. The maximum Gasteiger partial charge on any atom is 0.319 e. The third-order valence-corrected chi connectivity index (χ3v) is 5.81. The Morgan fingerprint density at radius 2 is 1.87 bits per heavy atom. The highest BCUT2D eigenvalue weighted by atomic mass is 16.2. The van der Waals surface area contributed by atoms with Crippen LogP contribution >= 0.6 is 0 Å². The quantitative estimate of drug-likeness (QED) is 0.656. The Balaban J connectivity index is 1.36. The van der Waals surface area contributed by atoms with Gasteiger partial charge in [0.2, 0.25) is 0 Å². The number of aromatic nitrogens is 1. The van der Waals surface area contributed by atoms with Gasteiger partial charge in [0, 0.05) is 30.7 Å². The van der Waals surface area contributed by atoms with E-state index in [1.165, 1.54) is 0 Å². The molecule has 2 N–H and O–H groups in total. The van der Waals surface area contributed by atoms with Crippen LogP contribution in [0, 0.1) is 19.8 Å². The number of piperidine rings is 1. The molecule has 2 aromatic carbocycles. The van der Waals surface area contributed by atoms with Gasteiger partial charge in [0.15, 0.2) is 0 Å². The van der Waals surface area contributed by atoms with Gasteiger partial charge >= 0.3 is 6.03 Å². The number of amides is 3. The van der Waals surface area contributed by atoms with E-state index in [2.05, 4.69) is 15.6 Å². The molecule has 1 aliphatic rings. The van der Waals surface area contributed by atoms with E-state index >= 15 is 0 Å². The number of carbonyl (C=O) groups is 2. The van der Waals surface area contributed by atoms with E-state index in [0.29, 0.717) is 18.7 Å². The maximum absolute atomic E-state index is 13.2. The molecule has 4 rings (SSSR count). The van der Waals surface area contributed by atoms with E-state index < -0.39 is 0 Å². The van der Waals surface area contributed by atoms with Gasteiger partial charge in [0.05, 0.1) is 16.8 Å². The van der Waals surface area contributed by atoms with Crippen LogP contribution in [0.4, 0.5) is 10.5 Å². The Bertz CT molecular complexity index is 1090. The first-order valence-corrected chi connectivity index (χ1v) is 10.8. The number of nitrogens with zero attached hydrogens (tertiary/aromatic N) is 2. The minimum absolute atomic E-state index is 0.0181. The van der Waals surface area contributed by atoms with Crippen LogP contribution in [0.1, 0.15) is 34.5 Å². The molecule has 0 spiro atoms. The van der Waals surface area contributed by atoms with E-state index in [4.69, 9.17) is 0 Å².